The molecule has 0 N–H and O–H groups in total. The molecular formula is C28H29NO2. The van der Waals surface area contributed by atoms with Gasteiger partial charge in [0.2, 0.25) is 0 Å². The quantitative estimate of drug-likeness (QED) is 0.318. The summed E-state index contributed by atoms with van der Waals surface area (Å²) in [7, 11) is 0. The van der Waals surface area contributed by atoms with Crippen molar-refractivity contribution in [1.29, 1.82) is 0 Å². The van der Waals surface area contributed by atoms with Crippen molar-refractivity contribution in [2.45, 2.75) is 40.0 Å². The van der Waals surface area contributed by atoms with Gasteiger partial charge in [-0.25, -0.2) is 4.99 Å². The fourth-order valence-corrected chi connectivity index (χ4v) is 3.61. The van der Waals surface area contributed by atoms with Crippen LogP contribution in [0, 0.1) is 6.92 Å². The maximum absolute atomic E-state index is 6.25. The first-order valence-corrected chi connectivity index (χ1v) is 11.1. The minimum Gasteiger partial charge on any atom is -0.494 e. The minimum atomic E-state index is 0.621. The van der Waals surface area contributed by atoms with Crippen LogP contribution in [0.25, 0.3) is 22.3 Å². The maximum Gasteiger partial charge on any atom is 0.137 e. The third-order valence-corrected chi connectivity index (χ3v) is 5.37. The zero-order valence-corrected chi connectivity index (χ0v) is 18.5. The van der Waals surface area contributed by atoms with Crippen LogP contribution < -0.4 is 10.1 Å². The molecule has 3 heteroatoms. The zero-order chi connectivity index (χ0) is 21.6. The molecule has 0 spiro atoms. The summed E-state index contributed by atoms with van der Waals surface area (Å²) >= 11 is 0. The first-order valence-electron chi connectivity index (χ1n) is 11.1. The predicted molar refractivity (Wildman–Crippen MR) is 128 cm³/mol. The van der Waals surface area contributed by atoms with Gasteiger partial charge in [0, 0.05) is 17.0 Å². The first kappa shape index (κ1) is 20.9. The number of hydrogen-bond acceptors (Lipinski definition) is 3. The van der Waals surface area contributed by atoms with E-state index in [1.165, 1.54) is 24.0 Å². The molecule has 0 bridgehead atoms. The van der Waals surface area contributed by atoms with Crippen molar-refractivity contribution in [2.24, 2.45) is 4.99 Å². The predicted octanol–water partition coefficient (Wildman–Crippen LogP) is 7.38. The van der Waals surface area contributed by atoms with Gasteiger partial charge in [-0.1, -0.05) is 55.3 Å². The summed E-state index contributed by atoms with van der Waals surface area (Å²) < 4.78 is 12.0. The van der Waals surface area contributed by atoms with E-state index in [1.54, 1.807) is 0 Å². The van der Waals surface area contributed by atoms with E-state index in [0.29, 0.717) is 6.61 Å². The average Bonchev–Trinajstić information content (AvgIpc) is 2.79. The van der Waals surface area contributed by atoms with Crippen LogP contribution in [-0.2, 0) is 6.42 Å². The van der Waals surface area contributed by atoms with E-state index in [4.69, 9.17) is 14.1 Å². The Morgan fingerprint density at radius 3 is 2.35 bits per heavy atom. The molecule has 0 fully saturated rings. The van der Waals surface area contributed by atoms with E-state index < -0.39 is 0 Å². The summed E-state index contributed by atoms with van der Waals surface area (Å²) in [5.74, 6) is 1.62. The van der Waals surface area contributed by atoms with E-state index in [9.17, 15) is 0 Å². The van der Waals surface area contributed by atoms with Crippen molar-refractivity contribution in [2.75, 3.05) is 6.61 Å². The fraction of sp³-hybridized carbons (Fsp3) is 0.250. The summed E-state index contributed by atoms with van der Waals surface area (Å²) in [6.45, 7) is 6.91. The van der Waals surface area contributed by atoms with Gasteiger partial charge in [-0.05, 0) is 62.6 Å². The third kappa shape index (κ3) is 5.05. The number of rotatable bonds is 7. The van der Waals surface area contributed by atoms with Crippen molar-refractivity contribution in [3.05, 3.63) is 89.3 Å². The van der Waals surface area contributed by atoms with E-state index in [2.05, 4.69) is 62.4 Å². The number of ether oxygens (including phenoxy) is 1. The lowest BCUT2D eigenvalue weighted by atomic mass is 10.1. The first-order chi connectivity index (χ1) is 15.2. The summed E-state index contributed by atoms with van der Waals surface area (Å²) in [6.07, 6.45) is 3.52. The van der Waals surface area contributed by atoms with Gasteiger partial charge in [-0.3, -0.25) is 0 Å². The van der Waals surface area contributed by atoms with Crippen LogP contribution in [0.5, 0.6) is 5.75 Å². The smallest absolute Gasteiger partial charge is 0.137 e. The number of hydrogen-bond donors (Lipinski definition) is 0. The van der Waals surface area contributed by atoms with Gasteiger partial charge < -0.3 is 9.15 Å². The molecule has 0 aliphatic heterocycles. The molecule has 1 aromatic heterocycles. The average molecular weight is 412 g/mol. The van der Waals surface area contributed by atoms with Crippen LogP contribution >= 0.6 is 0 Å². The van der Waals surface area contributed by atoms with Crippen molar-refractivity contribution in [3.63, 3.8) is 0 Å². The molecule has 0 radical (unpaired) electrons. The molecule has 0 saturated carbocycles. The van der Waals surface area contributed by atoms with E-state index >= 15 is 0 Å². The highest BCUT2D eigenvalue weighted by molar-refractivity contribution is 5.80. The second kappa shape index (κ2) is 9.65. The Hall–Kier alpha value is -3.33. The van der Waals surface area contributed by atoms with Crippen LogP contribution in [0.2, 0.25) is 0 Å². The number of aryl methyl sites for hydroxylation is 2. The Morgan fingerprint density at radius 2 is 1.65 bits per heavy atom. The van der Waals surface area contributed by atoms with E-state index in [-0.39, 0.29) is 0 Å². The number of nitrogens with zero attached hydrogens (tertiary/aromatic N) is 1. The molecule has 0 atom stereocenters. The molecular weight excluding hydrogens is 382 g/mol. The lowest BCUT2D eigenvalue weighted by molar-refractivity contribution is 0.340. The van der Waals surface area contributed by atoms with Gasteiger partial charge in [0.05, 0.1) is 17.7 Å². The van der Waals surface area contributed by atoms with Crippen molar-refractivity contribution in [3.8, 4) is 17.1 Å². The van der Waals surface area contributed by atoms with Gasteiger partial charge in [-0.2, -0.15) is 0 Å². The van der Waals surface area contributed by atoms with Crippen molar-refractivity contribution in [1.82, 2.24) is 0 Å². The van der Waals surface area contributed by atoms with Crippen LogP contribution in [0.1, 0.15) is 37.8 Å². The Kier molecular flexibility index (Phi) is 6.51. The highest BCUT2D eigenvalue weighted by atomic mass is 16.5. The number of benzene rings is 3. The molecule has 0 aliphatic rings. The Balaban J connectivity index is 1.84. The van der Waals surface area contributed by atoms with E-state index in [0.717, 1.165) is 45.5 Å². The molecule has 4 rings (SSSR count). The summed E-state index contributed by atoms with van der Waals surface area (Å²) in [4.78, 5) is 4.98. The van der Waals surface area contributed by atoms with Crippen LogP contribution in [-0.4, -0.2) is 6.61 Å². The molecule has 0 saturated heterocycles. The topological polar surface area (TPSA) is 34.7 Å². The molecule has 158 valence electrons. The fourth-order valence-electron chi connectivity index (χ4n) is 3.61. The van der Waals surface area contributed by atoms with Crippen LogP contribution in [0.3, 0.4) is 0 Å². The Morgan fingerprint density at radius 1 is 0.871 bits per heavy atom. The molecule has 0 unspecified atom stereocenters. The van der Waals surface area contributed by atoms with Gasteiger partial charge in [0.1, 0.15) is 17.1 Å². The maximum atomic E-state index is 6.25. The normalized spacial score (nSPS) is 11.8. The molecule has 0 amide bonds. The van der Waals surface area contributed by atoms with Gasteiger partial charge in [0.15, 0.2) is 0 Å². The molecule has 31 heavy (non-hydrogen) atoms. The van der Waals surface area contributed by atoms with Gasteiger partial charge in [0.25, 0.3) is 0 Å². The van der Waals surface area contributed by atoms with Gasteiger partial charge in [-0.15, -0.1) is 0 Å². The van der Waals surface area contributed by atoms with Crippen molar-refractivity contribution < 1.29 is 9.15 Å². The monoisotopic (exact) mass is 411 g/mol. The molecule has 3 nitrogen and oxygen atoms in total. The molecule has 4 aromatic rings. The summed E-state index contributed by atoms with van der Waals surface area (Å²) in [6, 6.07) is 24.8. The second-order valence-corrected chi connectivity index (χ2v) is 7.83. The largest absolute Gasteiger partial charge is 0.494 e. The summed E-state index contributed by atoms with van der Waals surface area (Å²) in [5, 5.41) is 1.82. The summed E-state index contributed by atoms with van der Waals surface area (Å²) in [5.41, 5.74) is 5.34. The standard InChI is InChI=1S/C28H29NO2/c1-4-6-7-21-10-14-23(15-11-21)29-26-19-28(22-12-8-20(3)9-13-22)31-27-17-16-24(30-5-2)18-25(26)27/h8-19H,4-7H2,1-3H3. The lowest BCUT2D eigenvalue weighted by Gasteiger charge is -2.08. The number of fused-ring (bicyclic) bond motifs is 1. The highest BCUT2D eigenvalue weighted by Gasteiger charge is 2.08. The molecule has 3 aromatic carbocycles. The van der Waals surface area contributed by atoms with Crippen LogP contribution in [0.15, 0.2) is 82.2 Å². The zero-order valence-electron chi connectivity index (χ0n) is 18.5. The highest BCUT2D eigenvalue weighted by Crippen LogP contribution is 2.26. The SMILES string of the molecule is CCCCc1ccc(N=c2cc(-c3ccc(C)cc3)oc3ccc(OCC)cc23)cc1. The molecule has 1 heterocycles. The molecule has 0 aliphatic carbocycles. The van der Waals surface area contributed by atoms with Gasteiger partial charge >= 0.3 is 0 Å². The number of unbranched alkanes of at least 4 members (excludes halogenated alkanes) is 1. The van der Waals surface area contributed by atoms with E-state index in [1.807, 2.05) is 31.2 Å². The second-order valence-electron chi connectivity index (χ2n) is 7.83. The lowest BCUT2D eigenvalue weighted by Crippen LogP contribution is -2.04. The Labute approximate surface area is 184 Å². The van der Waals surface area contributed by atoms with Crippen molar-refractivity contribution >= 4 is 16.7 Å². The third-order valence-electron chi connectivity index (χ3n) is 5.37. The Bertz CT molecular complexity index is 1220. The minimum absolute atomic E-state index is 0.621. The van der Waals surface area contributed by atoms with Crippen LogP contribution in [0.4, 0.5) is 5.69 Å².